The van der Waals surface area contributed by atoms with Crippen LogP contribution >= 0.6 is 0 Å². The summed E-state index contributed by atoms with van der Waals surface area (Å²) in [5.41, 5.74) is -0.497. The Bertz CT molecular complexity index is 210. The number of carbonyl (C=O) groups is 2. The second-order valence-corrected chi connectivity index (χ2v) is 3.74. The first-order valence-electron chi connectivity index (χ1n) is 4.16. The van der Waals surface area contributed by atoms with E-state index in [0.29, 0.717) is 6.42 Å². The first-order chi connectivity index (χ1) is 5.51. The molecule has 1 aliphatic heterocycles. The van der Waals surface area contributed by atoms with E-state index in [1.807, 2.05) is 13.8 Å². The van der Waals surface area contributed by atoms with Gasteiger partial charge in [-0.3, -0.25) is 4.79 Å². The maximum atomic E-state index is 11.4. The van der Waals surface area contributed by atoms with E-state index in [4.69, 9.17) is 4.74 Å². The second-order valence-electron chi connectivity index (χ2n) is 3.74. The minimum atomic E-state index is -0.497. The fourth-order valence-corrected chi connectivity index (χ4v) is 1.22. The van der Waals surface area contributed by atoms with Crippen LogP contribution < -0.4 is 0 Å². The Hall–Kier alpha value is -0.700. The molecular weight excluding hydrogens is 156 g/mol. The van der Waals surface area contributed by atoms with E-state index in [2.05, 4.69) is 0 Å². The Morgan fingerprint density at radius 3 is 2.67 bits per heavy atom. The van der Waals surface area contributed by atoms with Gasteiger partial charge in [0.2, 0.25) is 0 Å². The quantitative estimate of drug-likeness (QED) is 0.466. The lowest BCUT2D eigenvalue weighted by Gasteiger charge is -2.01. The van der Waals surface area contributed by atoms with Crippen molar-refractivity contribution in [2.45, 2.75) is 38.9 Å². The average Bonchev–Trinajstić information content (AvgIpc) is 2.61. The highest BCUT2D eigenvalue weighted by molar-refractivity contribution is 5.89. The molecule has 0 aromatic carbocycles. The molecule has 1 heterocycles. The van der Waals surface area contributed by atoms with Gasteiger partial charge in [-0.15, -0.1) is 0 Å². The third-order valence-electron chi connectivity index (χ3n) is 2.20. The summed E-state index contributed by atoms with van der Waals surface area (Å²) >= 11 is 0. The van der Waals surface area contributed by atoms with Crippen molar-refractivity contribution in [3.8, 4) is 0 Å². The van der Waals surface area contributed by atoms with Crippen molar-refractivity contribution in [2.75, 3.05) is 0 Å². The van der Waals surface area contributed by atoms with Crippen LogP contribution in [-0.2, 0) is 14.3 Å². The molecule has 1 saturated heterocycles. The van der Waals surface area contributed by atoms with E-state index in [9.17, 15) is 9.59 Å². The Balaban J connectivity index is 2.50. The van der Waals surface area contributed by atoms with Gasteiger partial charge in [0.05, 0.1) is 0 Å². The summed E-state index contributed by atoms with van der Waals surface area (Å²) < 4.78 is 5.19. The molecule has 3 heteroatoms. The number of ketones is 1. The van der Waals surface area contributed by atoms with Crippen molar-refractivity contribution in [3.05, 3.63) is 0 Å². The monoisotopic (exact) mass is 170 g/mol. The van der Waals surface area contributed by atoms with Crippen LogP contribution in [0.4, 0.5) is 0 Å². The highest BCUT2D eigenvalue weighted by Crippen LogP contribution is 2.40. The number of ether oxygens (including phenoxy) is 1. The van der Waals surface area contributed by atoms with E-state index in [1.165, 1.54) is 0 Å². The molecular formula is C9H14O3. The normalized spacial score (nSPS) is 33.5. The molecule has 1 rings (SSSR count). The van der Waals surface area contributed by atoms with Crippen molar-refractivity contribution in [1.82, 2.24) is 0 Å². The van der Waals surface area contributed by atoms with Gasteiger partial charge in [0.1, 0.15) is 18.0 Å². The van der Waals surface area contributed by atoms with E-state index in [1.54, 1.807) is 6.92 Å². The first-order valence-corrected chi connectivity index (χ1v) is 4.16. The Morgan fingerprint density at radius 2 is 2.25 bits per heavy atom. The van der Waals surface area contributed by atoms with Crippen LogP contribution in [0.2, 0.25) is 0 Å². The van der Waals surface area contributed by atoms with Gasteiger partial charge in [-0.2, -0.15) is 0 Å². The van der Waals surface area contributed by atoms with Gasteiger partial charge in [0, 0.05) is 12.3 Å². The molecule has 1 aliphatic rings. The minimum absolute atomic E-state index is 0.0107. The largest absolute Gasteiger partial charge is 0.358 e. The number of carbonyl (C=O) groups excluding carboxylic acids is 2. The number of epoxide rings is 1. The first kappa shape index (κ1) is 9.39. The molecule has 2 atom stereocenters. The smallest absolute Gasteiger partial charge is 0.167 e. The zero-order valence-corrected chi connectivity index (χ0v) is 7.66. The van der Waals surface area contributed by atoms with E-state index >= 15 is 0 Å². The summed E-state index contributed by atoms with van der Waals surface area (Å²) in [6.07, 6.45) is 0.770. The number of hydrogen-bond acceptors (Lipinski definition) is 3. The van der Waals surface area contributed by atoms with Gasteiger partial charge in [0.15, 0.2) is 5.78 Å². The summed E-state index contributed by atoms with van der Waals surface area (Å²) in [6.45, 7) is 5.48. The lowest BCUT2D eigenvalue weighted by Crippen LogP contribution is -2.22. The van der Waals surface area contributed by atoms with Crippen LogP contribution in [0.15, 0.2) is 0 Å². The maximum absolute atomic E-state index is 11.4. The van der Waals surface area contributed by atoms with Crippen molar-refractivity contribution in [1.29, 1.82) is 0 Å². The minimum Gasteiger partial charge on any atom is -0.358 e. The van der Waals surface area contributed by atoms with Crippen molar-refractivity contribution in [2.24, 2.45) is 5.92 Å². The molecule has 0 saturated carbocycles. The molecule has 0 amide bonds. The van der Waals surface area contributed by atoms with Crippen LogP contribution in [0.1, 0.15) is 27.2 Å². The molecule has 2 unspecified atom stereocenters. The van der Waals surface area contributed by atoms with E-state index in [-0.39, 0.29) is 17.8 Å². The Morgan fingerprint density at radius 1 is 1.67 bits per heavy atom. The summed E-state index contributed by atoms with van der Waals surface area (Å²) in [5, 5.41) is 0. The molecule has 0 bridgehead atoms. The number of rotatable bonds is 4. The summed E-state index contributed by atoms with van der Waals surface area (Å²) in [5.74, 6) is 0.0860. The molecule has 0 aliphatic carbocycles. The van der Waals surface area contributed by atoms with Gasteiger partial charge in [0.25, 0.3) is 0 Å². The van der Waals surface area contributed by atoms with Crippen LogP contribution in [0, 0.1) is 5.92 Å². The molecule has 12 heavy (non-hydrogen) atoms. The summed E-state index contributed by atoms with van der Waals surface area (Å²) in [4.78, 5) is 21.6. The van der Waals surface area contributed by atoms with Crippen molar-refractivity contribution < 1.29 is 14.3 Å². The fourth-order valence-electron chi connectivity index (χ4n) is 1.22. The fraction of sp³-hybridized carbons (Fsp3) is 0.778. The molecule has 0 aromatic heterocycles. The zero-order valence-electron chi connectivity index (χ0n) is 7.66. The van der Waals surface area contributed by atoms with Gasteiger partial charge in [-0.1, -0.05) is 13.8 Å². The molecule has 0 aromatic rings. The van der Waals surface area contributed by atoms with Gasteiger partial charge in [-0.05, 0) is 6.92 Å². The highest BCUT2D eigenvalue weighted by Gasteiger charge is 2.56. The molecule has 0 spiro atoms. The topological polar surface area (TPSA) is 46.7 Å². The summed E-state index contributed by atoms with van der Waals surface area (Å²) in [6, 6.07) is 0. The van der Waals surface area contributed by atoms with Crippen LogP contribution in [0.3, 0.4) is 0 Å². The lowest BCUT2D eigenvalue weighted by molar-refractivity contribution is -0.123. The SMILES string of the molecule is CC(C)C(=O)C1OC1(C)CC=O. The molecule has 68 valence electrons. The number of Topliss-reactive ketones (excluding diaryl/α,β-unsaturated/α-hetero) is 1. The molecule has 3 nitrogen and oxygen atoms in total. The van der Waals surface area contributed by atoms with E-state index < -0.39 is 5.60 Å². The lowest BCUT2D eigenvalue weighted by atomic mass is 9.96. The van der Waals surface area contributed by atoms with E-state index in [0.717, 1.165) is 6.29 Å². The van der Waals surface area contributed by atoms with Crippen molar-refractivity contribution >= 4 is 12.1 Å². The average molecular weight is 170 g/mol. The predicted molar refractivity (Wildman–Crippen MR) is 43.8 cm³/mol. The summed E-state index contributed by atoms with van der Waals surface area (Å²) in [7, 11) is 0. The van der Waals surface area contributed by atoms with Gasteiger partial charge < -0.3 is 9.53 Å². The third-order valence-corrected chi connectivity index (χ3v) is 2.20. The zero-order chi connectivity index (χ0) is 9.35. The highest BCUT2D eigenvalue weighted by atomic mass is 16.6. The Kier molecular flexibility index (Phi) is 2.33. The predicted octanol–water partition coefficient (Wildman–Crippen LogP) is 0.958. The van der Waals surface area contributed by atoms with Crippen molar-refractivity contribution in [3.63, 3.8) is 0 Å². The molecule has 0 N–H and O–H groups in total. The molecule has 0 radical (unpaired) electrons. The number of hydrogen-bond donors (Lipinski definition) is 0. The second kappa shape index (κ2) is 2.98. The Labute approximate surface area is 72.1 Å². The van der Waals surface area contributed by atoms with Crippen LogP contribution in [0.25, 0.3) is 0 Å². The third kappa shape index (κ3) is 1.55. The number of aldehydes is 1. The van der Waals surface area contributed by atoms with Gasteiger partial charge in [-0.25, -0.2) is 0 Å². The van der Waals surface area contributed by atoms with Crippen LogP contribution in [0.5, 0.6) is 0 Å². The van der Waals surface area contributed by atoms with Crippen LogP contribution in [-0.4, -0.2) is 23.8 Å². The standard InChI is InChI=1S/C9H14O3/c1-6(2)7(11)8-9(3,12-8)4-5-10/h5-6,8H,4H2,1-3H3. The van der Waals surface area contributed by atoms with Gasteiger partial charge >= 0.3 is 0 Å². The molecule has 1 fully saturated rings. The maximum Gasteiger partial charge on any atom is 0.167 e.